The Morgan fingerprint density at radius 1 is 0.288 bits per heavy atom. The monoisotopic (exact) mass is 1010 g/mol. The molecule has 0 N–H and O–H groups in total. The summed E-state index contributed by atoms with van der Waals surface area (Å²) in [5.41, 5.74) is 0. The van der Waals surface area contributed by atoms with Gasteiger partial charge in [-0.25, -0.2) is 0 Å². The highest BCUT2D eigenvalue weighted by Crippen LogP contribution is 2.16. The van der Waals surface area contributed by atoms with Gasteiger partial charge in [0.2, 0.25) is 0 Å². The first-order valence-electron chi connectivity index (χ1n) is 30.4. The maximum Gasteiger partial charge on any atom is 0.306 e. The van der Waals surface area contributed by atoms with Crippen LogP contribution >= 0.6 is 0 Å². The number of carbonyl (C=O) groups is 3. The molecule has 6 heteroatoms. The SMILES string of the molecule is CC/C=C\C/C=C\C/C=C\C/C=C\C/C=C\CCCCCC(=O)OC[C@H](COC(=O)CCCCCC/C=C\C/C=C\C/C=C\C/C=C\CC)OC(=O)CCCCCCCCCCCCCCCCCCCCC. The van der Waals surface area contributed by atoms with Crippen LogP contribution in [0.3, 0.4) is 0 Å². The van der Waals surface area contributed by atoms with E-state index >= 15 is 0 Å². The molecule has 0 aliphatic rings. The number of allylic oxidation sites excluding steroid dienone is 18. The lowest BCUT2D eigenvalue weighted by Crippen LogP contribution is -2.30. The predicted molar refractivity (Wildman–Crippen MR) is 316 cm³/mol. The molecule has 416 valence electrons. The van der Waals surface area contributed by atoms with Gasteiger partial charge >= 0.3 is 17.9 Å². The molecular weight excluding hydrogens is 901 g/mol. The molecule has 0 fully saturated rings. The molecule has 0 amide bonds. The number of esters is 3. The van der Waals surface area contributed by atoms with E-state index in [4.69, 9.17) is 14.2 Å². The van der Waals surface area contributed by atoms with Crippen molar-refractivity contribution in [2.24, 2.45) is 0 Å². The van der Waals surface area contributed by atoms with Gasteiger partial charge < -0.3 is 14.2 Å². The van der Waals surface area contributed by atoms with E-state index in [1.165, 1.54) is 103 Å². The average Bonchev–Trinajstić information content (AvgIpc) is 3.39. The van der Waals surface area contributed by atoms with Crippen LogP contribution in [0, 0.1) is 0 Å². The quantitative estimate of drug-likeness (QED) is 0.0261. The van der Waals surface area contributed by atoms with Gasteiger partial charge in [-0.2, -0.15) is 0 Å². The van der Waals surface area contributed by atoms with Crippen molar-refractivity contribution < 1.29 is 28.6 Å². The molecule has 0 aliphatic carbocycles. The van der Waals surface area contributed by atoms with E-state index < -0.39 is 6.10 Å². The molecule has 0 rings (SSSR count). The van der Waals surface area contributed by atoms with Crippen molar-refractivity contribution in [3.8, 4) is 0 Å². The van der Waals surface area contributed by atoms with Crippen molar-refractivity contribution >= 4 is 17.9 Å². The van der Waals surface area contributed by atoms with Crippen LogP contribution in [0.25, 0.3) is 0 Å². The van der Waals surface area contributed by atoms with Crippen LogP contribution in [0.1, 0.15) is 278 Å². The van der Waals surface area contributed by atoms with Gasteiger partial charge in [0.1, 0.15) is 13.2 Å². The molecular formula is C67H112O6. The van der Waals surface area contributed by atoms with Crippen molar-refractivity contribution in [3.05, 3.63) is 109 Å². The second kappa shape index (κ2) is 60.6. The third-order valence-corrected chi connectivity index (χ3v) is 12.8. The number of ether oxygens (including phenoxy) is 3. The number of hydrogen-bond acceptors (Lipinski definition) is 6. The molecule has 0 spiro atoms. The molecule has 0 bridgehead atoms. The van der Waals surface area contributed by atoms with E-state index in [0.29, 0.717) is 19.3 Å². The van der Waals surface area contributed by atoms with Crippen molar-refractivity contribution in [3.63, 3.8) is 0 Å². The van der Waals surface area contributed by atoms with Gasteiger partial charge in [0.25, 0.3) is 0 Å². The van der Waals surface area contributed by atoms with Gasteiger partial charge in [-0.05, 0) is 103 Å². The Morgan fingerprint density at radius 3 is 0.849 bits per heavy atom. The molecule has 73 heavy (non-hydrogen) atoms. The Balaban J connectivity index is 4.48. The highest BCUT2D eigenvalue weighted by Gasteiger charge is 2.19. The molecule has 0 aliphatic heterocycles. The second-order valence-corrected chi connectivity index (χ2v) is 19.9. The fraction of sp³-hybridized carbons (Fsp3) is 0.687. The molecule has 0 radical (unpaired) electrons. The maximum atomic E-state index is 12.9. The number of rotatable bonds is 54. The Morgan fingerprint density at radius 2 is 0.534 bits per heavy atom. The lowest BCUT2D eigenvalue weighted by Gasteiger charge is -2.18. The molecule has 0 heterocycles. The van der Waals surface area contributed by atoms with Crippen LogP contribution in [0.15, 0.2) is 109 Å². The fourth-order valence-corrected chi connectivity index (χ4v) is 8.28. The van der Waals surface area contributed by atoms with Gasteiger partial charge in [0, 0.05) is 19.3 Å². The predicted octanol–water partition coefficient (Wildman–Crippen LogP) is 20.7. The molecule has 0 saturated heterocycles. The van der Waals surface area contributed by atoms with Gasteiger partial charge in [-0.3, -0.25) is 14.4 Å². The third kappa shape index (κ3) is 58.8. The Bertz CT molecular complexity index is 1490. The Kier molecular flexibility index (Phi) is 57.4. The van der Waals surface area contributed by atoms with Crippen LogP contribution < -0.4 is 0 Å². The number of carbonyl (C=O) groups excluding carboxylic acids is 3. The van der Waals surface area contributed by atoms with E-state index in [2.05, 4.69) is 130 Å². The van der Waals surface area contributed by atoms with E-state index in [0.717, 1.165) is 135 Å². The first-order chi connectivity index (χ1) is 36.0. The largest absolute Gasteiger partial charge is 0.462 e. The molecule has 0 aromatic carbocycles. The average molecular weight is 1010 g/mol. The summed E-state index contributed by atoms with van der Waals surface area (Å²) in [6.07, 6.45) is 82.3. The van der Waals surface area contributed by atoms with Gasteiger partial charge in [-0.1, -0.05) is 265 Å². The van der Waals surface area contributed by atoms with Crippen LogP contribution in [-0.2, 0) is 28.6 Å². The first kappa shape index (κ1) is 69.1. The summed E-state index contributed by atoms with van der Waals surface area (Å²) in [6.45, 7) is 6.39. The zero-order valence-corrected chi connectivity index (χ0v) is 47.6. The third-order valence-electron chi connectivity index (χ3n) is 12.8. The van der Waals surface area contributed by atoms with E-state index in [1.807, 2.05) is 0 Å². The van der Waals surface area contributed by atoms with E-state index in [1.54, 1.807) is 0 Å². The second-order valence-electron chi connectivity index (χ2n) is 19.9. The van der Waals surface area contributed by atoms with Gasteiger partial charge in [-0.15, -0.1) is 0 Å². The summed E-state index contributed by atoms with van der Waals surface area (Å²) >= 11 is 0. The summed E-state index contributed by atoms with van der Waals surface area (Å²) < 4.78 is 16.9. The summed E-state index contributed by atoms with van der Waals surface area (Å²) in [6, 6.07) is 0. The molecule has 1 atom stereocenters. The van der Waals surface area contributed by atoms with Crippen molar-refractivity contribution in [1.29, 1.82) is 0 Å². The maximum absolute atomic E-state index is 12.9. The minimum absolute atomic E-state index is 0.101. The molecule has 0 aromatic heterocycles. The Hall–Kier alpha value is -3.93. The van der Waals surface area contributed by atoms with Gasteiger partial charge in [0.15, 0.2) is 6.10 Å². The van der Waals surface area contributed by atoms with Crippen LogP contribution in [0.5, 0.6) is 0 Å². The van der Waals surface area contributed by atoms with Crippen LogP contribution in [-0.4, -0.2) is 37.2 Å². The minimum Gasteiger partial charge on any atom is -0.462 e. The first-order valence-corrected chi connectivity index (χ1v) is 30.4. The zero-order valence-electron chi connectivity index (χ0n) is 47.6. The zero-order chi connectivity index (χ0) is 52.9. The summed E-state index contributed by atoms with van der Waals surface area (Å²) in [4.78, 5) is 38.3. The molecule has 0 unspecified atom stereocenters. The van der Waals surface area contributed by atoms with Crippen molar-refractivity contribution in [1.82, 2.24) is 0 Å². The van der Waals surface area contributed by atoms with Gasteiger partial charge in [0.05, 0.1) is 0 Å². The van der Waals surface area contributed by atoms with Crippen LogP contribution in [0.2, 0.25) is 0 Å². The van der Waals surface area contributed by atoms with Crippen molar-refractivity contribution in [2.75, 3.05) is 13.2 Å². The highest BCUT2D eigenvalue weighted by molar-refractivity contribution is 5.71. The van der Waals surface area contributed by atoms with E-state index in [-0.39, 0.29) is 31.1 Å². The summed E-state index contributed by atoms with van der Waals surface area (Å²) in [5.74, 6) is -0.948. The topological polar surface area (TPSA) is 78.9 Å². The minimum atomic E-state index is -0.804. The molecule has 6 nitrogen and oxygen atoms in total. The lowest BCUT2D eigenvalue weighted by atomic mass is 10.0. The smallest absolute Gasteiger partial charge is 0.306 e. The molecule has 0 saturated carbocycles. The lowest BCUT2D eigenvalue weighted by molar-refractivity contribution is -0.167. The summed E-state index contributed by atoms with van der Waals surface area (Å²) in [7, 11) is 0. The number of hydrogen-bond donors (Lipinski definition) is 0. The standard InChI is InChI=1S/C67H112O6/c1-4-7-10-13-16-19-22-25-28-31-33-36-39-42-45-48-51-54-57-60-66(69)72-63-64(62-71-65(68)59-56-53-50-47-44-41-38-35-30-27-24-21-18-15-12-9-6-3)73-67(70)61-58-55-52-49-46-43-40-37-34-32-29-26-23-20-17-14-11-8-5-2/h7,9-10,12,16,18-19,21,25,27-28,30,33,36,38,41-42,45,64H,4-6,8,11,13-15,17,20,22-24,26,29,31-32,34-35,37,39-40,43-44,46-63H2,1-3H3/b10-7-,12-9-,19-16-,21-18-,28-25-,30-27-,36-33-,41-38-,45-42-/t64-/m0/s1. The normalized spacial score (nSPS) is 12.9. The number of unbranched alkanes of at least 4 members (excludes halogenated alkanes) is 25. The highest BCUT2D eigenvalue weighted by atomic mass is 16.6. The van der Waals surface area contributed by atoms with Crippen LogP contribution in [0.4, 0.5) is 0 Å². The molecule has 0 aromatic rings. The summed E-state index contributed by atoms with van der Waals surface area (Å²) in [5, 5.41) is 0. The van der Waals surface area contributed by atoms with Crippen molar-refractivity contribution in [2.45, 2.75) is 284 Å². The Labute approximate surface area is 450 Å². The fourth-order valence-electron chi connectivity index (χ4n) is 8.28. The van der Waals surface area contributed by atoms with E-state index in [9.17, 15) is 14.4 Å².